The number of benzene rings is 4. The molecule has 1 aliphatic carbocycles. The van der Waals surface area contributed by atoms with Gasteiger partial charge in [-0.2, -0.15) is 0 Å². The van der Waals surface area contributed by atoms with E-state index in [0.717, 1.165) is 27.1 Å². The molecule has 0 heterocycles. The Morgan fingerprint density at radius 1 is 0.897 bits per heavy atom. The van der Waals surface area contributed by atoms with Crippen LogP contribution in [0.2, 0.25) is 0 Å². The van der Waals surface area contributed by atoms with Crippen LogP contribution in [0.5, 0.6) is 0 Å². The number of hydrogen-bond acceptors (Lipinski definition) is 4. The van der Waals surface area contributed by atoms with E-state index in [9.17, 15) is 14.7 Å². The molecule has 1 atom stereocenters. The van der Waals surface area contributed by atoms with Gasteiger partial charge in [0.1, 0.15) is 6.61 Å². The van der Waals surface area contributed by atoms with Crippen molar-refractivity contribution in [2.75, 3.05) is 0 Å². The largest absolute Gasteiger partial charge is 0.458 e. The third kappa shape index (κ3) is 2.72. The van der Waals surface area contributed by atoms with Gasteiger partial charge in [-0.15, -0.1) is 0 Å². The third-order valence-corrected chi connectivity index (χ3v) is 5.65. The van der Waals surface area contributed by atoms with Gasteiger partial charge < -0.3 is 9.84 Å². The summed E-state index contributed by atoms with van der Waals surface area (Å²) in [6.07, 6.45) is -0.0584. The molecule has 1 aliphatic rings. The van der Waals surface area contributed by atoms with Crippen molar-refractivity contribution >= 4 is 33.3 Å². The summed E-state index contributed by atoms with van der Waals surface area (Å²) in [6, 6.07) is 24.8. The number of fused-ring (bicyclic) bond motifs is 3. The van der Waals surface area contributed by atoms with Gasteiger partial charge in [-0.1, -0.05) is 72.8 Å². The maximum absolute atomic E-state index is 12.8. The summed E-state index contributed by atoms with van der Waals surface area (Å²) in [5.41, 5.74) is -0.266. The van der Waals surface area contributed by atoms with Crippen LogP contribution in [0, 0.1) is 0 Å². The van der Waals surface area contributed by atoms with Crippen LogP contribution >= 0.6 is 0 Å². The Kier molecular flexibility index (Phi) is 3.96. The van der Waals surface area contributed by atoms with Crippen LogP contribution in [0.4, 0.5) is 0 Å². The lowest BCUT2D eigenvalue weighted by molar-refractivity contribution is -0.161. The summed E-state index contributed by atoms with van der Waals surface area (Å²) < 4.78 is 5.52. The standard InChI is InChI=1S/C25H18O4/c26-23-21-12-6-3-9-18(21)14-25(23,28)24(27)29-15-22-19-10-4-1-7-16(19)13-17-8-2-5-11-20(17)22/h1-13,28H,14-15H2/t25-/m0/s1. The monoisotopic (exact) mass is 382 g/mol. The van der Waals surface area contributed by atoms with E-state index in [0.29, 0.717) is 11.1 Å². The lowest BCUT2D eigenvalue weighted by Crippen LogP contribution is -2.45. The summed E-state index contributed by atoms with van der Waals surface area (Å²) in [4.78, 5) is 25.4. The van der Waals surface area contributed by atoms with Crippen LogP contribution in [-0.4, -0.2) is 22.5 Å². The van der Waals surface area contributed by atoms with Gasteiger partial charge in [0.05, 0.1) is 0 Å². The maximum Gasteiger partial charge on any atom is 0.347 e. The zero-order chi connectivity index (χ0) is 20.0. The second-order valence-corrected chi connectivity index (χ2v) is 7.40. The van der Waals surface area contributed by atoms with Crippen LogP contribution in [-0.2, 0) is 22.6 Å². The second kappa shape index (κ2) is 6.54. The molecule has 4 aromatic rings. The number of ketones is 1. The smallest absolute Gasteiger partial charge is 0.347 e. The number of ether oxygens (including phenoxy) is 1. The number of carbonyl (C=O) groups excluding carboxylic acids is 2. The lowest BCUT2D eigenvalue weighted by atomic mass is 9.97. The van der Waals surface area contributed by atoms with Crippen LogP contribution in [0.25, 0.3) is 21.5 Å². The molecule has 0 unspecified atom stereocenters. The van der Waals surface area contributed by atoms with Gasteiger partial charge in [0.15, 0.2) is 0 Å². The van der Waals surface area contributed by atoms with Crippen molar-refractivity contribution in [2.45, 2.75) is 18.6 Å². The van der Waals surface area contributed by atoms with Crippen molar-refractivity contribution in [3.8, 4) is 0 Å². The molecule has 0 fully saturated rings. The van der Waals surface area contributed by atoms with E-state index < -0.39 is 17.4 Å². The highest BCUT2D eigenvalue weighted by molar-refractivity contribution is 6.18. The van der Waals surface area contributed by atoms with Gasteiger partial charge in [0, 0.05) is 17.5 Å². The Hall–Kier alpha value is -3.50. The predicted molar refractivity (Wildman–Crippen MR) is 111 cm³/mol. The molecule has 0 saturated heterocycles. The first-order valence-corrected chi connectivity index (χ1v) is 9.49. The van der Waals surface area contributed by atoms with Gasteiger partial charge in [-0.05, 0) is 33.2 Å². The van der Waals surface area contributed by atoms with Crippen LogP contribution in [0.3, 0.4) is 0 Å². The summed E-state index contributed by atoms with van der Waals surface area (Å²) in [5.74, 6) is -1.50. The van der Waals surface area contributed by atoms with Crippen molar-refractivity contribution in [1.82, 2.24) is 0 Å². The molecule has 0 saturated carbocycles. The normalized spacial score (nSPS) is 18.2. The van der Waals surface area contributed by atoms with Gasteiger partial charge in [-0.3, -0.25) is 4.79 Å². The number of Topliss-reactive ketones (excluding diaryl/α,β-unsaturated/α-hetero) is 1. The van der Waals surface area contributed by atoms with Gasteiger partial charge in [0.25, 0.3) is 0 Å². The first-order chi connectivity index (χ1) is 14.1. The van der Waals surface area contributed by atoms with Crippen molar-refractivity contribution in [1.29, 1.82) is 0 Å². The molecule has 1 N–H and O–H groups in total. The average Bonchev–Trinajstić information content (AvgIpc) is 3.02. The Balaban J connectivity index is 1.49. The number of carbonyl (C=O) groups is 2. The summed E-state index contributed by atoms with van der Waals surface area (Å²) in [6.45, 7) is -0.0212. The molecule has 4 heteroatoms. The molecule has 0 aromatic heterocycles. The Labute approximate surface area is 167 Å². The third-order valence-electron chi connectivity index (χ3n) is 5.65. The van der Waals surface area contributed by atoms with Crippen molar-refractivity contribution in [3.63, 3.8) is 0 Å². The molecule has 29 heavy (non-hydrogen) atoms. The highest BCUT2D eigenvalue weighted by atomic mass is 16.6. The molecular formula is C25H18O4. The maximum atomic E-state index is 12.8. The van der Waals surface area contributed by atoms with E-state index in [2.05, 4.69) is 6.07 Å². The summed E-state index contributed by atoms with van der Waals surface area (Å²) in [5, 5.41) is 14.9. The second-order valence-electron chi connectivity index (χ2n) is 7.40. The molecular weight excluding hydrogens is 364 g/mol. The molecule has 0 radical (unpaired) electrons. The fraction of sp³-hybridized carbons (Fsp3) is 0.120. The quantitative estimate of drug-likeness (QED) is 0.328. The molecule has 142 valence electrons. The number of aliphatic hydroxyl groups is 1. The highest BCUT2D eigenvalue weighted by Gasteiger charge is 2.51. The van der Waals surface area contributed by atoms with E-state index >= 15 is 0 Å². The summed E-state index contributed by atoms with van der Waals surface area (Å²) in [7, 11) is 0. The number of hydrogen-bond donors (Lipinski definition) is 1. The topological polar surface area (TPSA) is 63.6 Å². The summed E-state index contributed by atoms with van der Waals surface area (Å²) >= 11 is 0. The van der Waals surface area contributed by atoms with Crippen LogP contribution in [0.15, 0.2) is 78.9 Å². The van der Waals surface area contributed by atoms with Gasteiger partial charge >= 0.3 is 5.97 Å². The van der Waals surface area contributed by atoms with Gasteiger partial charge in [0.2, 0.25) is 11.4 Å². The minimum Gasteiger partial charge on any atom is -0.458 e. The van der Waals surface area contributed by atoms with Crippen molar-refractivity contribution in [2.24, 2.45) is 0 Å². The van der Waals surface area contributed by atoms with E-state index in [4.69, 9.17) is 4.74 Å². The molecule has 0 bridgehead atoms. The fourth-order valence-electron chi connectivity index (χ4n) is 4.16. The van der Waals surface area contributed by atoms with E-state index in [-0.39, 0.29) is 13.0 Å². The molecule has 4 aromatic carbocycles. The predicted octanol–water partition coefficient (Wildman–Crippen LogP) is 4.21. The van der Waals surface area contributed by atoms with E-state index in [1.807, 2.05) is 48.5 Å². The van der Waals surface area contributed by atoms with Gasteiger partial charge in [-0.25, -0.2) is 4.79 Å². The minimum atomic E-state index is -2.16. The van der Waals surface area contributed by atoms with E-state index in [1.54, 1.807) is 24.3 Å². The fourth-order valence-corrected chi connectivity index (χ4v) is 4.16. The lowest BCUT2D eigenvalue weighted by Gasteiger charge is -2.19. The van der Waals surface area contributed by atoms with E-state index in [1.165, 1.54) is 0 Å². The Morgan fingerprint density at radius 3 is 2.14 bits per heavy atom. The Bertz CT molecular complexity index is 1240. The molecule has 0 aliphatic heterocycles. The molecule has 0 amide bonds. The SMILES string of the molecule is O=C(OCc1c2ccccc2cc2ccccc12)[C@]1(O)Cc2ccccc2C1=O. The first kappa shape index (κ1) is 17.6. The average molecular weight is 382 g/mol. The highest BCUT2D eigenvalue weighted by Crippen LogP contribution is 2.33. The van der Waals surface area contributed by atoms with Crippen molar-refractivity contribution < 1.29 is 19.4 Å². The molecule has 0 spiro atoms. The molecule has 5 rings (SSSR count). The zero-order valence-corrected chi connectivity index (χ0v) is 15.6. The number of rotatable bonds is 3. The first-order valence-electron chi connectivity index (χ1n) is 9.49. The molecule has 4 nitrogen and oxygen atoms in total. The Morgan fingerprint density at radius 2 is 1.48 bits per heavy atom. The minimum absolute atomic E-state index is 0.0212. The zero-order valence-electron chi connectivity index (χ0n) is 15.6. The van der Waals surface area contributed by atoms with Crippen LogP contribution in [0.1, 0.15) is 21.5 Å². The van der Waals surface area contributed by atoms with Crippen LogP contribution < -0.4 is 0 Å². The number of esters is 1. The van der Waals surface area contributed by atoms with Crippen molar-refractivity contribution in [3.05, 3.63) is 95.6 Å².